The van der Waals surface area contributed by atoms with Crippen LogP contribution in [0, 0.1) is 0 Å². The highest BCUT2D eigenvalue weighted by Crippen LogP contribution is 2.39. The largest absolute Gasteiger partial charge is 0.383 e. The summed E-state index contributed by atoms with van der Waals surface area (Å²) in [6.45, 7) is 1.16. The van der Waals surface area contributed by atoms with Gasteiger partial charge in [0.25, 0.3) is 0 Å². The van der Waals surface area contributed by atoms with Gasteiger partial charge in [0.05, 0.1) is 6.04 Å². The lowest BCUT2D eigenvalue weighted by Crippen LogP contribution is -2.41. The van der Waals surface area contributed by atoms with Crippen LogP contribution >= 0.6 is 0 Å². The monoisotopic (exact) mass is 218 g/mol. The van der Waals surface area contributed by atoms with Gasteiger partial charge in [-0.2, -0.15) is 0 Å². The van der Waals surface area contributed by atoms with E-state index >= 15 is 0 Å². The van der Waals surface area contributed by atoms with E-state index in [1.54, 1.807) is 4.90 Å². The summed E-state index contributed by atoms with van der Waals surface area (Å²) < 4.78 is 0. The Morgan fingerprint density at radius 3 is 2.88 bits per heavy atom. The summed E-state index contributed by atoms with van der Waals surface area (Å²) in [5, 5.41) is 13.5. The van der Waals surface area contributed by atoms with Crippen molar-refractivity contribution < 1.29 is 9.90 Å². The number of aliphatic hydroxyl groups is 1. The van der Waals surface area contributed by atoms with Crippen molar-refractivity contribution in [3.63, 3.8) is 0 Å². The van der Waals surface area contributed by atoms with Crippen LogP contribution in [-0.2, 0) is 5.60 Å². The predicted octanol–water partition coefficient (Wildman–Crippen LogP) is 0.672. The molecule has 84 valence electrons. The third-order valence-corrected chi connectivity index (χ3v) is 3.64. The lowest BCUT2D eigenvalue weighted by atomic mass is 9.87. The Morgan fingerprint density at radius 1 is 1.38 bits per heavy atom. The fourth-order valence-electron chi connectivity index (χ4n) is 2.74. The predicted molar refractivity (Wildman–Crippen MR) is 58.8 cm³/mol. The molecular formula is C12H14N2O2. The zero-order chi connectivity index (χ0) is 11.2. The van der Waals surface area contributed by atoms with Gasteiger partial charge in [0, 0.05) is 19.5 Å². The molecule has 0 radical (unpaired) electrons. The average molecular weight is 218 g/mol. The van der Waals surface area contributed by atoms with Crippen LogP contribution in [0.1, 0.15) is 12.0 Å². The number of benzene rings is 1. The molecule has 0 unspecified atom stereocenters. The van der Waals surface area contributed by atoms with Crippen LogP contribution in [0.15, 0.2) is 30.3 Å². The first kappa shape index (κ1) is 9.66. The maximum atomic E-state index is 11.5. The molecule has 0 aliphatic carbocycles. The Morgan fingerprint density at radius 2 is 2.12 bits per heavy atom. The fraction of sp³-hybridized carbons (Fsp3) is 0.417. The molecule has 4 heteroatoms. The number of fused-ring (bicyclic) bond motifs is 1. The number of rotatable bonds is 1. The first-order valence-corrected chi connectivity index (χ1v) is 5.54. The van der Waals surface area contributed by atoms with Crippen LogP contribution < -0.4 is 5.32 Å². The molecule has 3 rings (SSSR count). The molecule has 2 N–H and O–H groups in total. The first-order valence-electron chi connectivity index (χ1n) is 5.54. The number of urea groups is 1. The van der Waals surface area contributed by atoms with Crippen molar-refractivity contribution in [2.75, 3.05) is 13.1 Å². The summed E-state index contributed by atoms with van der Waals surface area (Å²) >= 11 is 0. The lowest BCUT2D eigenvalue weighted by molar-refractivity contribution is 0.0163. The summed E-state index contributed by atoms with van der Waals surface area (Å²) in [7, 11) is 0. The lowest BCUT2D eigenvalue weighted by Gasteiger charge is -2.29. The van der Waals surface area contributed by atoms with E-state index in [1.165, 1.54) is 0 Å². The van der Waals surface area contributed by atoms with Gasteiger partial charge in [0.1, 0.15) is 5.60 Å². The third kappa shape index (κ3) is 1.16. The average Bonchev–Trinajstić information content (AvgIpc) is 2.84. The van der Waals surface area contributed by atoms with Gasteiger partial charge >= 0.3 is 6.03 Å². The van der Waals surface area contributed by atoms with Gasteiger partial charge in [-0.1, -0.05) is 30.3 Å². The van der Waals surface area contributed by atoms with Gasteiger partial charge in [0.15, 0.2) is 0 Å². The smallest absolute Gasteiger partial charge is 0.317 e. The van der Waals surface area contributed by atoms with Crippen molar-refractivity contribution in [2.45, 2.75) is 18.1 Å². The number of nitrogens with one attached hydrogen (secondary N) is 1. The van der Waals surface area contributed by atoms with Crippen LogP contribution in [0.5, 0.6) is 0 Å². The highest BCUT2D eigenvalue weighted by molar-refractivity contribution is 5.77. The fourth-order valence-corrected chi connectivity index (χ4v) is 2.74. The Hall–Kier alpha value is -1.55. The summed E-state index contributed by atoms with van der Waals surface area (Å²) in [5.41, 5.74) is 0.0134. The van der Waals surface area contributed by atoms with Crippen molar-refractivity contribution in [3.8, 4) is 0 Å². The summed E-state index contributed by atoms with van der Waals surface area (Å²) in [6.07, 6.45) is 0.620. The summed E-state index contributed by atoms with van der Waals surface area (Å²) in [5.74, 6) is 0. The maximum absolute atomic E-state index is 11.5. The van der Waals surface area contributed by atoms with Gasteiger partial charge in [-0.15, -0.1) is 0 Å². The van der Waals surface area contributed by atoms with Crippen LogP contribution in [0.3, 0.4) is 0 Å². The molecule has 2 fully saturated rings. The molecule has 0 spiro atoms. The number of nitrogens with zero attached hydrogens (tertiary/aromatic N) is 1. The van der Waals surface area contributed by atoms with E-state index in [9.17, 15) is 9.90 Å². The molecule has 1 aromatic carbocycles. The Bertz CT molecular complexity index is 420. The normalized spacial score (nSPS) is 32.7. The topological polar surface area (TPSA) is 52.6 Å². The highest BCUT2D eigenvalue weighted by atomic mass is 16.3. The second-order valence-corrected chi connectivity index (χ2v) is 4.44. The van der Waals surface area contributed by atoms with Crippen molar-refractivity contribution in [2.24, 2.45) is 0 Å². The first-order chi connectivity index (χ1) is 7.72. The van der Waals surface area contributed by atoms with Crippen LogP contribution in [-0.4, -0.2) is 35.2 Å². The van der Waals surface area contributed by atoms with Crippen LogP contribution in [0.25, 0.3) is 0 Å². The van der Waals surface area contributed by atoms with E-state index in [4.69, 9.17) is 0 Å². The minimum absolute atomic E-state index is 0.0585. The van der Waals surface area contributed by atoms with Gasteiger partial charge in [0.2, 0.25) is 0 Å². The SMILES string of the molecule is O=C1NC[C@H]2N1CC[C@]2(O)c1ccccc1. The molecule has 0 aromatic heterocycles. The van der Waals surface area contributed by atoms with E-state index in [0.29, 0.717) is 19.5 Å². The Balaban J connectivity index is 1.98. The zero-order valence-electron chi connectivity index (χ0n) is 8.89. The van der Waals surface area contributed by atoms with Crippen molar-refractivity contribution >= 4 is 6.03 Å². The summed E-state index contributed by atoms with van der Waals surface area (Å²) in [4.78, 5) is 13.2. The van der Waals surface area contributed by atoms with E-state index in [0.717, 1.165) is 5.56 Å². The van der Waals surface area contributed by atoms with Gasteiger partial charge in [-0.05, 0) is 5.56 Å². The molecule has 4 nitrogen and oxygen atoms in total. The molecule has 0 bridgehead atoms. The van der Waals surface area contributed by atoms with E-state index in [1.807, 2.05) is 30.3 Å². The van der Waals surface area contributed by atoms with Crippen molar-refractivity contribution in [1.82, 2.24) is 10.2 Å². The molecule has 2 aliphatic rings. The van der Waals surface area contributed by atoms with E-state index in [-0.39, 0.29) is 12.1 Å². The minimum atomic E-state index is -0.888. The van der Waals surface area contributed by atoms with Crippen LogP contribution in [0.2, 0.25) is 0 Å². The number of amides is 2. The van der Waals surface area contributed by atoms with E-state index < -0.39 is 5.60 Å². The molecule has 0 saturated carbocycles. The molecule has 2 aliphatic heterocycles. The third-order valence-electron chi connectivity index (χ3n) is 3.64. The molecule has 2 heterocycles. The van der Waals surface area contributed by atoms with Crippen molar-refractivity contribution in [1.29, 1.82) is 0 Å². The molecule has 16 heavy (non-hydrogen) atoms. The van der Waals surface area contributed by atoms with Gasteiger partial charge in [-0.25, -0.2) is 4.79 Å². The van der Waals surface area contributed by atoms with E-state index in [2.05, 4.69) is 5.32 Å². The molecule has 2 saturated heterocycles. The Kier molecular flexibility index (Phi) is 1.94. The maximum Gasteiger partial charge on any atom is 0.317 e. The number of carbonyl (C=O) groups is 1. The van der Waals surface area contributed by atoms with Gasteiger partial charge in [-0.3, -0.25) is 0 Å². The standard InChI is InChI=1S/C12H14N2O2/c15-11-13-8-10-12(16,6-7-14(10)11)9-4-2-1-3-5-9/h1-5,10,16H,6-8H2,(H,13,15)/t10-,12+/m1/s1. The highest BCUT2D eigenvalue weighted by Gasteiger charge is 2.51. The molecule has 2 atom stereocenters. The Labute approximate surface area is 93.9 Å². The quantitative estimate of drug-likeness (QED) is 0.728. The van der Waals surface area contributed by atoms with Crippen molar-refractivity contribution in [3.05, 3.63) is 35.9 Å². The van der Waals surface area contributed by atoms with Crippen LogP contribution in [0.4, 0.5) is 4.79 Å². The second-order valence-electron chi connectivity index (χ2n) is 4.44. The molecule has 2 amide bonds. The minimum Gasteiger partial charge on any atom is -0.383 e. The molecular weight excluding hydrogens is 204 g/mol. The van der Waals surface area contributed by atoms with Gasteiger partial charge < -0.3 is 15.3 Å². The number of hydrogen-bond donors (Lipinski definition) is 2. The number of carbonyl (C=O) groups excluding carboxylic acids is 1. The number of hydrogen-bond acceptors (Lipinski definition) is 2. The zero-order valence-corrected chi connectivity index (χ0v) is 8.89. The summed E-state index contributed by atoms with van der Waals surface area (Å²) in [6, 6.07) is 9.43. The second kappa shape index (κ2) is 3.22. The molecule has 1 aromatic rings.